The van der Waals surface area contributed by atoms with Crippen LogP contribution >= 0.6 is 0 Å². The van der Waals surface area contributed by atoms with Crippen molar-refractivity contribution in [2.75, 3.05) is 19.6 Å². The summed E-state index contributed by atoms with van der Waals surface area (Å²) in [6.07, 6.45) is 2.80. The predicted molar refractivity (Wildman–Crippen MR) is 132 cm³/mol. The van der Waals surface area contributed by atoms with Crippen molar-refractivity contribution in [1.82, 2.24) is 14.6 Å². The van der Waals surface area contributed by atoms with E-state index in [4.69, 9.17) is 0 Å². The summed E-state index contributed by atoms with van der Waals surface area (Å²) in [5.41, 5.74) is 3.27. The van der Waals surface area contributed by atoms with Crippen molar-refractivity contribution < 1.29 is 13.2 Å². The van der Waals surface area contributed by atoms with Crippen LogP contribution in [0.3, 0.4) is 0 Å². The molecule has 0 bridgehead atoms. The number of aromatic amines is 1. The van der Waals surface area contributed by atoms with E-state index in [0.717, 1.165) is 35.7 Å². The van der Waals surface area contributed by atoms with Gasteiger partial charge >= 0.3 is 0 Å². The number of hydrogen-bond acceptors (Lipinski definition) is 3. The maximum Gasteiger partial charge on any atom is 0.268 e. The molecule has 1 aliphatic heterocycles. The smallest absolute Gasteiger partial charge is 0.268 e. The van der Waals surface area contributed by atoms with E-state index in [-0.39, 0.29) is 10.8 Å². The number of piperidine rings is 1. The van der Waals surface area contributed by atoms with Crippen molar-refractivity contribution in [3.63, 3.8) is 0 Å². The molecule has 2 unspecified atom stereocenters. The lowest BCUT2D eigenvalue weighted by Gasteiger charge is -2.34. The summed E-state index contributed by atoms with van der Waals surface area (Å²) in [6, 6.07) is 15.3. The highest BCUT2D eigenvalue weighted by Gasteiger charge is 2.32. The fraction of sp³-hybridized carbons (Fsp3) is 0.423. The van der Waals surface area contributed by atoms with Crippen LogP contribution in [0.25, 0.3) is 10.9 Å². The average Bonchev–Trinajstić information content (AvgIpc) is 3.12. The van der Waals surface area contributed by atoms with E-state index in [1.54, 1.807) is 22.5 Å². The second-order valence-corrected chi connectivity index (χ2v) is 11.4. The Kier molecular flexibility index (Phi) is 6.91. The molecule has 4 rings (SSSR count). The zero-order chi connectivity index (χ0) is 23.6. The monoisotopic (exact) mass is 467 g/mol. The first kappa shape index (κ1) is 23.5. The van der Waals surface area contributed by atoms with Crippen molar-refractivity contribution in [3.8, 4) is 0 Å². The number of rotatable bonds is 7. The molecule has 3 aromatic rings. The first-order chi connectivity index (χ1) is 15.8. The van der Waals surface area contributed by atoms with Crippen molar-refractivity contribution in [3.05, 3.63) is 65.4 Å². The van der Waals surface area contributed by atoms with Gasteiger partial charge in [0.15, 0.2) is 0 Å². The average molecular weight is 468 g/mol. The van der Waals surface area contributed by atoms with Gasteiger partial charge in [0.1, 0.15) is 5.69 Å². The highest BCUT2D eigenvalue weighted by Crippen LogP contribution is 2.30. The molecule has 1 aromatic heterocycles. The molecule has 1 aliphatic rings. The number of hydrogen-bond donors (Lipinski definition) is 2. The fourth-order valence-electron chi connectivity index (χ4n) is 4.87. The summed E-state index contributed by atoms with van der Waals surface area (Å²) in [6.45, 7) is 7.73. The van der Waals surface area contributed by atoms with Gasteiger partial charge in [-0.15, -0.1) is 0 Å². The summed E-state index contributed by atoms with van der Waals surface area (Å²) in [7, 11) is -3.57. The van der Waals surface area contributed by atoms with Crippen LogP contribution in [0.5, 0.6) is 0 Å². The minimum atomic E-state index is -3.57. The van der Waals surface area contributed by atoms with E-state index in [9.17, 15) is 13.2 Å². The Morgan fingerprint density at radius 1 is 1.09 bits per heavy atom. The molecule has 2 N–H and O–H groups in total. The molecule has 0 spiro atoms. The lowest BCUT2D eigenvalue weighted by atomic mass is 9.94. The van der Waals surface area contributed by atoms with E-state index in [1.807, 2.05) is 25.1 Å². The largest absolute Gasteiger partial charge is 0.351 e. The highest BCUT2D eigenvalue weighted by atomic mass is 32.2. The summed E-state index contributed by atoms with van der Waals surface area (Å²) in [4.78, 5) is 16.2. The van der Waals surface area contributed by atoms with Gasteiger partial charge in [-0.2, -0.15) is 4.31 Å². The van der Waals surface area contributed by atoms with Gasteiger partial charge in [-0.25, -0.2) is 8.42 Å². The van der Waals surface area contributed by atoms with Crippen LogP contribution in [0.15, 0.2) is 53.4 Å². The number of aryl methyl sites for hydroxylation is 2. The number of benzene rings is 2. The first-order valence-electron chi connectivity index (χ1n) is 11.7. The third kappa shape index (κ3) is 5.14. The van der Waals surface area contributed by atoms with Crippen LogP contribution in [0.2, 0.25) is 0 Å². The van der Waals surface area contributed by atoms with Crippen molar-refractivity contribution in [1.29, 1.82) is 0 Å². The molecule has 2 atom stereocenters. The van der Waals surface area contributed by atoms with E-state index in [0.29, 0.717) is 37.2 Å². The fourth-order valence-corrected chi connectivity index (χ4v) is 6.58. The Hall–Kier alpha value is -2.64. The number of nitrogens with zero attached hydrogens (tertiary/aromatic N) is 1. The Balaban J connectivity index is 1.48. The Morgan fingerprint density at radius 3 is 2.48 bits per heavy atom. The lowest BCUT2D eigenvalue weighted by molar-refractivity contribution is 0.0948. The molecule has 1 fully saturated rings. The molecule has 0 aliphatic carbocycles. The molecule has 0 saturated carbocycles. The zero-order valence-corrected chi connectivity index (χ0v) is 20.4. The van der Waals surface area contributed by atoms with Crippen LogP contribution in [-0.4, -0.2) is 43.2 Å². The van der Waals surface area contributed by atoms with Gasteiger partial charge in [-0.3, -0.25) is 4.79 Å². The topological polar surface area (TPSA) is 82.3 Å². The Morgan fingerprint density at radius 2 is 1.79 bits per heavy atom. The molecule has 0 radical (unpaired) electrons. The van der Waals surface area contributed by atoms with Crippen LogP contribution < -0.4 is 5.32 Å². The number of H-pyrrole nitrogens is 1. The number of sulfonamides is 1. The third-order valence-electron chi connectivity index (χ3n) is 6.50. The quantitative estimate of drug-likeness (QED) is 0.502. The van der Waals surface area contributed by atoms with Crippen LogP contribution in [-0.2, 0) is 16.4 Å². The SMILES string of the molecule is Cc1c(C(=O)NCCCc2ccccc2)[nH]c2ccc(S(=O)(=O)N3CC(C)CC(C)C3)cc12. The maximum atomic E-state index is 13.3. The van der Waals surface area contributed by atoms with E-state index in [2.05, 4.69) is 36.3 Å². The van der Waals surface area contributed by atoms with Crippen molar-refractivity contribution in [2.24, 2.45) is 11.8 Å². The minimum Gasteiger partial charge on any atom is -0.351 e. The van der Waals surface area contributed by atoms with Gasteiger partial charge in [0.25, 0.3) is 5.91 Å². The van der Waals surface area contributed by atoms with Gasteiger partial charge in [0.2, 0.25) is 10.0 Å². The van der Waals surface area contributed by atoms with E-state index >= 15 is 0 Å². The van der Waals surface area contributed by atoms with Crippen LogP contribution in [0.4, 0.5) is 0 Å². The van der Waals surface area contributed by atoms with Gasteiger partial charge in [-0.05, 0) is 67.3 Å². The van der Waals surface area contributed by atoms with Gasteiger partial charge in [0.05, 0.1) is 4.90 Å². The zero-order valence-electron chi connectivity index (χ0n) is 19.6. The molecular weight excluding hydrogens is 434 g/mol. The van der Waals surface area contributed by atoms with Gasteiger partial charge in [0, 0.05) is 30.5 Å². The van der Waals surface area contributed by atoms with Crippen molar-refractivity contribution >= 4 is 26.8 Å². The number of nitrogens with one attached hydrogen (secondary N) is 2. The number of fused-ring (bicyclic) bond motifs is 1. The molecular formula is C26H33N3O3S. The number of amides is 1. The molecule has 2 aromatic carbocycles. The van der Waals surface area contributed by atoms with Gasteiger partial charge in [-0.1, -0.05) is 44.2 Å². The molecule has 1 saturated heterocycles. The summed E-state index contributed by atoms with van der Waals surface area (Å²) < 4.78 is 28.2. The third-order valence-corrected chi connectivity index (χ3v) is 8.33. The maximum absolute atomic E-state index is 13.3. The molecule has 176 valence electrons. The molecule has 6 nitrogen and oxygen atoms in total. The number of aromatic nitrogens is 1. The first-order valence-corrected chi connectivity index (χ1v) is 13.1. The minimum absolute atomic E-state index is 0.167. The van der Waals surface area contributed by atoms with Gasteiger partial charge < -0.3 is 10.3 Å². The summed E-state index contributed by atoms with van der Waals surface area (Å²) in [5, 5.41) is 3.75. The lowest BCUT2D eigenvalue weighted by Crippen LogP contribution is -2.42. The number of carbonyl (C=O) groups excluding carboxylic acids is 1. The predicted octanol–water partition coefficient (Wildman–Crippen LogP) is 4.51. The number of carbonyl (C=O) groups is 1. The second kappa shape index (κ2) is 9.69. The standard InChI is InChI=1S/C26H33N3O3S/c1-18-14-19(2)17-29(16-18)33(31,32)22-11-12-24-23(15-22)20(3)25(28-24)26(30)27-13-7-10-21-8-5-4-6-9-21/h4-6,8-9,11-12,15,18-19,28H,7,10,13-14,16-17H2,1-3H3,(H,27,30). The highest BCUT2D eigenvalue weighted by molar-refractivity contribution is 7.89. The normalized spacial score (nSPS) is 19.6. The summed E-state index contributed by atoms with van der Waals surface area (Å²) >= 11 is 0. The summed E-state index contributed by atoms with van der Waals surface area (Å²) in [5.74, 6) is 0.525. The van der Waals surface area contributed by atoms with Crippen LogP contribution in [0.1, 0.15) is 48.3 Å². The van der Waals surface area contributed by atoms with Crippen LogP contribution in [0, 0.1) is 18.8 Å². The molecule has 2 heterocycles. The molecule has 1 amide bonds. The van der Waals surface area contributed by atoms with E-state index in [1.165, 1.54) is 5.56 Å². The van der Waals surface area contributed by atoms with Crippen molar-refractivity contribution in [2.45, 2.75) is 44.9 Å². The molecule has 7 heteroatoms. The Bertz CT molecular complexity index is 1220. The van der Waals surface area contributed by atoms with E-state index < -0.39 is 10.0 Å². The second-order valence-electron chi connectivity index (χ2n) is 9.45. The molecule has 33 heavy (non-hydrogen) atoms. The Labute approximate surface area is 196 Å².